The fourth-order valence-corrected chi connectivity index (χ4v) is 1.30. The summed E-state index contributed by atoms with van der Waals surface area (Å²) in [6, 6.07) is 0.606. The number of nitrogens with one attached hydrogen (secondary N) is 1. The first-order valence-corrected chi connectivity index (χ1v) is 5.26. The number of amides is 1. The summed E-state index contributed by atoms with van der Waals surface area (Å²) in [4.78, 5) is 31.0. The van der Waals surface area contributed by atoms with Gasteiger partial charge < -0.3 is 25.2 Å². The zero-order valence-corrected chi connectivity index (χ0v) is 10.5. The topological polar surface area (TPSA) is 116 Å². The van der Waals surface area contributed by atoms with Crippen LogP contribution in [0.15, 0.2) is 0 Å². The normalized spacial score (nSPS) is 20.4. The van der Waals surface area contributed by atoms with Crippen molar-refractivity contribution in [2.45, 2.75) is 12.5 Å². The average Bonchev–Trinajstić information content (AvgIpc) is 3.06. The van der Waals surface area contributed by atoms with Crippen molar-refractivity contribution in [2.24, 2.45) is 5.92 Å². The van der Waals surface area contributed by atoms with Gasteiger partial charge in [0.15, 0.2) is 0 Å². The first kappa shape index (κ1) is 16.2. The number of carbonyl (C=O) groups excluding carboxylic acids is 1. The third kappa shape index (κ3) is 6.69. The van der Waals surface area contributed by atoms with E-state index in [1.807, 2.05) is 14.1 Å². The molecule has 1 amide bonds. The molecule has 0 aromatic carbocycles. The third-order valence-electron chi connectivity index (χ3n) is 2.36. The molecular formula is C10H18N2O6. The molecule has 1 rings (SSSR count). The molecule has 0 aliphatic heterocycles. The van der Waals surface area contributed by atoms with Gasteiger partial charge in [-0.05, 0) is 20.5 Å². The van der Waals surface area contributed by atoms with Crippen LogP contribution in [0.1, 0.15) is 6.42 Å². The lowest BCUT2D eigenvalue weighted by Gasteiger charge is -2.08. The number of carboxylic acids is 2. The van der Waals surface area contributed by atoms with Gasteiger partial charge in [-0.15, -0.1) is 0 Å². The van der Waals surface area contributed by atoms with E-state index in [4.69, 9.17) is 24.5 Å². The van der Waals surface area contributed by atoms with Gasteiger partial charge in [-0.2, -0.15) is 0 Å². The van der Waals surface area contributed by atoms with Gasteiger partial charge in [0, 0.05) is 19.0 Å². The number of aliphatic carboxylic acids is 2. The first-order chi connectivity index (χ1) is 8.29. The Labute approximate surface area is 105 Å². The molecule has 0 bridgehead atoms. The quantitative estimate of drug-likeness (QED) is 0.584. The Hall–Kier alpha value is -1.83. The van der Waals surface area contributed by atoms with Crippen molar-refractivity contribution in [3.63, 3.8) is 0 Å². The summed E-state index contributed by atoms with van der Waals surface area (Å²) < 4.78 is 4.92. The van der Waals surface area contributed by atoms with Gasteiger partial charge in [-0.25, -0.2) is 14.4 Å². The molecule has 18 heavy (non-hydrogen) atoms. The number of carboxylic acid groups (broad SMARTS) is 2. The highest BCUT2D eigenvalue weighted by Crippen LogP contribution is 2.34. The summed E-state index contributed by atoms with van der Waals surface area (Å²) in [5, 5.41) is 17.2. The monoisotopic (exact) mass is 262 g/mol. The predicted octanol–water partition coefficient (Wildman–Crippen LogP) is -0.552. The van der Waals surface area contributed by atoms with Gasteiger partial charge in [-0.3, -0.25) is 0 Å². The van der Waals surface area contributed by atoms with Crippen molar-refractivity contribution in [2.75, 3.05) is 27.7 Å². The molecule has 0 radical (unpaired) electrons. The number of carbonyl (C=O) groups is 3. The largest absolute Gasteiger partial charge is 0.473 e. The van der Waals surface area contributed by atoms with E-state index in [9.17, 15) is 4.79 Å². The maximum Gasteiger partial charge on any atom is 0.414 e. The van der Waals surface area contributed by atoms with Gasteiger partial charge in [0.1, 0.15) is 0 Å². The highest BCUT2D eigenvalue weighted by Gasteiger charge is 2.39. The number of nitrogens with zero attached hydrogens (tertiary/aromatic N) is 1. The number of ether oxygens (including phenoxy) is 1. The second-order valence-electron chi connectivity index (χ2n) is 3.99. The van der Waals surface area contributed by atoms with Gasteiger partial charge in [-0.1, -0.05) is 0 Å². The van der Waals surface area contributed by atoms with Crippen LogP contribution in [0.2, 0.25) is 0 Å². The fourth-order valence-electron chi connectivity index (χ4n) is 1.30. The lowest BCUT2D eigenvalue weighted by molar-refractivity contribution is -0.159. The Kier molecular flexibility index (Phi) is 6.73. The van der Waals surface area contributed by atoms with E-state index in [0.717, 1.165) is 6.42 Å². The van der Waals surface area contributed by atoms with E-state index in [0.29, 0.717) is 18.6 Å². The van der Waals surface area contributed by atoms with Crippen molar-refractivity contribution in [1.82, 2.24) is 10.2 Å². The van der Waals surface area contributed by atoms with Crippen LogP contribution in [-0.2, 0) is 14.3 Å². The molecule has 8 heteroatoms. The Morgan fingerprint density at radius 1 is 1.28 bits per heavy atom. The van der Waals surface area contributed by atoms with Gasteiger partial charge >= 0.3 is 18.0 Å². The Morgan fingerprint density at radius 3 is 2.06 bits per heavy atom. The molecule has 0 aromatic rings. The molecule has 3 N–H and O–H groups in total. The SMILES string of the molecule is CNC(=O)OC[C@H]1C[C@H]1N(C)C.O=C(O)C(=O)O. The van der Waals surface area contributed by atoms with E-state index in [2.05, 4.69) is 10.2 Å². The van der Waals surface area contributed by atoms with Gasteiger partial charge in [0.05, 0.1) is 6.61 Å². The number of hydrogen-bond donors (Lipinski definition) is 3. The molecule has 0 aromatic heterocycles. The van der Waals surface area contributed by atoms with Crippen LogP contribution in [-0.4, -0.2) is 66.9 Å². The van der Waals surface area contributed by atoms with E-state index in [1.165, 1.54) is 0 Å². The lowest BCUT2D eigenvalue weighted by Crippen LogP contribution is -2.22. The van der Waals surface area contributed by atoms with Crippen molar-refractivity contribution in [3.05, 3.63) is 0 Å². The number of alkyl carbamates (subject to hydrolysis) is 1. The second-order valence-corrected chi connectivity index (χ2v) is 3.99. The second kappa shape index (κ2) is 7.49. The fraction of sp³-hybridized carbons (Fsp3) is 0.700. The Bertz CT molecular complexity index is 305. The standard InChI is InChI=1S/C8H16N2O2.C2H2O4/c1-9-8(11)12-5-6-4-7(6)10(2)3;3-1(4)2(5)6/h6-7H,4-5H2,1-3H3,(H,9,11);(H,3,4)(H,5,6)/t6-,7-;/m1./s1. The van der Waals surface area contributed by atoms with Crippen LogP contribution in [0.4, 0.5) is 4.79 Å². The van der Waals surface area contributed by atoms with Crippen LogP contribution in [0.5, 0.6) is 0 Å². The molecule has 0 unspecified atom stereocenters. The molecule has 0 saturated heterocycles. The highest BCUT2D eigenvalue weighted by molar-refractivity contribution is 6.27. The first-order valence-electron chi connectivity index (χ1n) is 5.26. The van der Waals surface area contributed by atoms with E-state index < -0.39 is 11.9 Å². The van der Waals surface area contributed by atoms with Crippen molar-refractivity contribution >= 4 is 18.0 Å². The van der Waals surface area contributed by atoms with Crippen LogP contribution in [0.25, 0.3) is 0 Å². The minimum absolute atomic E-state index is 0.334. The van der Waals surface area contributed by atoms with Crippen molar-refractivity contribution < 1.29 is 29.3 Å². The molecule has 1 aliphatic carbocycles. The smallest absolute Gasteiger partial charge is 0.414 e. The molecule has 104 valence electrons. The van der Waals surface area contributed by atoms with E-state index >= 15 is 0 Å². The van der Waals surface area contributed by atoms with Crippen LogP contribution in [0.3, 0.4) is 0 Å². The molecule has 8 nitrogen and oxygen atoms in total. The maximum absolute atomic E-state index is 10.7. The van der Waals surface area contributed by atoms with Crippen LogP contribution < -0.4 is 5.32 Å². The Morgan fingerprint density at radius 2 is 1.78 bits per heavy atom. The minimum atomic E-state index is -1.82. The van der Waals surface area contributed by atoms with Gasteiger partial charge in [0.2, 0.25) is 0 Å². The molecule has 1 fully saturated rings. The Balaban J connectivity index is 0.000000411. The predicted molar refractivity (Wildman–Crippen MR) is 61.3 cm³/mol. The molecule has 0 heterocycles. The maximum atomic E-state index is 10.7. The summed E-state index contributed by atoms with van der Waals surface area (Å²) in [6.07, 6.45) is 0.809. The van der Waals surface area contributed by atoms with Crippen LogP contribution in [0, 0.1) is 5.92 Å². The summed E-state index contributed by atoms with van der Waals surface area (Å²) in [7, 11) is 5.66. The zero-order valence-electron chi connectivity index (χ0n) is 10.5. The van der Waals surface area contributed by atoms with Crippen molar-refractivity contribution in [3.8, 4) is 0 Å². The summed E-state index contributed by atoms with van der Waals surface area (Å²) in [5.41, 5.74) is 0. The molecule has 0 spiro atoms. The van der Waals surface area contributed by atoms with Crippen molar-refractivity contribution in [1.29, 1.82) is 0 Å². The molecule has 1 saturated carbocycles. The number of rotatable bonds is 3. The summed E-state index contributed by atoms with van der Waals surface area (Å²) in [6.45, 7) is 0.544. The van der Waals surface area contributed by atoms with E-state index in [-0.39, 0.29) is 6.09 Å². The molecule has 1 aliphatic rings. The summed E-state index contributed by atoms with van der Waals surface area (Å²) in [5.74, 6) is -3.11. The molecular weight excluding hydrogens is 244 g/mol. The molecule has 2 atom stereocenters. The highest BCUT2D eigenvalue weighted by atomic mass is 16.5. The minimum Gasteiger partial charge on any atom is -0.473 e. The van der Waals surface area contributed by atoms with Gasteiger partial charge in [0.25, 0.3) is 0 Å². The lowest BCUT2D eigenvalue weighted by atomic mass is 10.4. The van der Waals surface area contributed by atoms with E-state index in [1.54, 1.807) is 7.05 Å². The number of hydrogen-bond acceptors (Lipinski definition) is 5. The third-order valence-corrected chi connectivity index (χ3v) is 2.36. The van der Waals surface area contributed by atoms with Crippen LogP contribution >= 0.6 is 0 Å². The summed E-state index contributed by atoms with van der Waals surface area (Å²) >= 11 is 0. The zero-order chi connectivity index (χ0) is 14.3. The average molecular weight is 262 g/mol.